The summed E-state index contributed by atoms with van der Waals surface area (Å²) < 4.78 is 29.5. The Morgan fingerprint density at radius 2 is 1.48 bits per heavy atom. The van der Waals surface area contributed by atoms with Crippen molar-refractivity contribution in [3.63, 3.8) is 0 Å². The van der Waals surface area contributed by atoms with Crippen LogP contribution in [0.3, 0.4) is 0 Å². The van der Waals surface area contributed by atoms with E-state index in [2.05, 4.69) is 5.32 Å². The molecule has 242 valence electrons. The van der Waals surface area contributed by atoms with Gasteiger partial charge in [0, 0.05) is 29.4 Å². The van der Waals surface area contributed by atoms with Crippen LogP contribution in [0.25, 0.3) is 0 Å². The summed E-state index contributed by atoms with van der Waals surface area (Å²) in [5.74, 6) is -0.626. The molecule has 0 aliphatic carbocycles. The molecule has 0 spiro atoms. The van der Waals surface area contributed by atoms with Gasteiger partial charge in [-0.3, -0.25) is 13.9 Å². The molecule has 0 saturated carbocycles. The number of thioether (sulfide) groups is 1. The number of rotatable bonds is 14. The lowest BCUT2D eigenvalue weighted by Crippen LogP contribution is -2.53. The Bertz CT molecular complexity index is 1700. The largest absolute Gasteiger partial charge is 0.354 e. The molecule has 0 heterocycles. The molecule has 0 saturated heterocycles. The van der Waals surface area contributed by atoms with Gasteiger partial charge in [-0.05, 0) is 78.8 Å². The summed E-state index contributed by atoms with van der Waals surface area (Å²) in [6.45, 7) is 5.91. The average molecular weight is 678 g/mol. The predicted octanol–water partition coefficient (Wildman–Crippen LogP) is 6.98. The van der Waals surface area contributed by atoms with E-state index in [-0.39, 0.29) is 29.7 Å². The summed E-state index contributed by atoms with van der Waals surface area (Å²) in [7, 11) is -4.17. The van der Waals surface area contributed by atoms with Gasteiger partial charge in [-0.15, -0.1) is 11.8 Å². The highest BCUT2D eigenvalue weighted by Gasteiger charge is 2.34. The van der Waals surface area contributed by atoms with Crippen LogP contribution in [-0.2, 0) is 32.6 Å². The number of hydrogen-bond donors (Lipinski definition) is 1. The maximum Gasteiger partial charge on any atom is 0.264 e. The second-order valence-corrected chi connectivity index (χ2v) is 14.7. The molecule has 1 atom stereocenters. The van der Waals surface area contributed by atoms with Crippen LogP contribution in [-0.4, -0.2) is 50.5 Å². The lowest BCUT2D eigenvalue weighted by molar-refractivity contribution is -0.140. The molecule has 1 unspecified atom stereocenters. The number of nitrogens with zero attached hydrogens (tertiary/aromatic N) is 2. The summed E-state index contributed by atoms with van der Waals surface area (Å²) >= 11 is 7.67. The molecule has 0 bridgehead atoms. The van der Waals surface area contributed by atoms with Crippen LogP contribution >= 0.6 is 23.4 Å². The van der Waals surface area contributed by atoms with Gasteiger partial charge in [0.05, 0.1) is 10.6 Å². The third-order valence-electron chi connectivity index (χ3n) is 7.47. The number of aryl methyl sites for hydroxylation is 1. The number of halogens is 1. The SMILES string of the molecule is CSc1ccc(S(=O)(=O)N(CC(=O)N(Cc2ccc(Cl)cc2)C(Cc2ccccc2)C(=O)NCC(C)C)c2ccc(C)cc2)cc1. The third kappa shape index (κ3) is 9.37. The zero-order chi connectivity index (χ0) is 33.3. The van der Waals surface area contributed by atoms with Crippen molar-refractivity contribution in [1.82, 2.24) is 10.2 Å². The maximum atomic E-state index is 14.5. The van der Waals surface area contributed by atoms with E-state index in [0.29, 0.717) is 17.3 Å². The van der Waals surface area contributed by atoms with Crippen molar-refractivity contribution in [3.8, 4) is 0 Å². The topological polar surface area (TPSA) is 86.8 Å². The van der Waals surface area contributed by atoms with Crippen molar-refractivity contribution >= 4 is 50.9 Å². The number of anilines is 1. The fraction of sp³-hybridized carbons (Fsp3) is 0.278. The van der Waals surface area contributed by atoms with E-state index in [1.807, 2.05) is 69.5 Å². The highest BCUT2D eigenvalue weighted by atomic mass is 35.5. The molecule has 0 aliphatic rings. The molecule has 0 fully saturated rings. The van der Waals surface area contributed by atoms with Gasteiger partial charge in [0.1, 0.15) is 12.6 Å². The highest BCUT2D eigenvalue weighted by molar-refractivity contribution is 7.98. The van der Waals surface area contributed by atoms with Crippen molar-refractivity contribution in [2.45, 2.75) is 49.6 Å². The van der Waals surface area contributed by atoms with Crippen LogP contribution in [0, 0.1) is 12.8 Å². The normalized spacial score (nSPS) is 12.0. The fourth-order valence-electron chi connectivity index (χ4n) is 4.88. The maximum absolute atomic E-state index is 14.5. The number of benzene rings is 4. The lowest BCUT2D eigenvalue weighted by Gasteiger charge is -2.34. The predicted molar refractivity (Wildman–Crippen MR) is 188 cm³/mol. The molecule has 2 amide bonds. The summed E-state index contributed by atoms with van der Waals surface area (Å²) in [5, 5.41) is 3.55. The summed E-state index contributed by atoms with van der Waals surface area (Å²) in [4.78, 5) is 30.9. The Kier molecular flexibility index (Phi) is 12.3. The van der Waals surface area contributed by atoms with E-state index in [1.54, 1.807) is 60.7 Å². The van der Waals surface area contributed by atoms with Gasteiger partial charge in [-0.2, -0.15) is 0 Å². The quantitative estimate of drug-likeness (QED) is 0.146. The van der Waals surface area contributed by atoms with Crippen molar-refractivity contribution in [2.24, 2.45) is 5.92 Å². The first-order chi connectivity index (χ1) is 22.0. The summed E-state index contributed by atoms with van der Waals surface area (Å²) in [6, 6.07) is 29.2. The first kappa shape index (κ1) is 35.1. The second-order valence-electron chi connectivity index (χ2n) is 11.5. The van der Waals surface area contributed by atoms with E-state index in [4.69, 9.17) is 11.6 Å². The van der Waals surface area contributed by atoms with Crippen LogP contribution < -0.4 is 9.62 Å². The fourth-order valence-corrected chi connectivity index (χ4v) is 6.83. The monoisotopic (exact) mass is 677 g/mol. The number of sulfonamides is 1. The average Bonchev–Trinajstić information content (AvgIpc) is 3.05. The molecule has 7 nitrogen and oxygen atoms in total. The van der Waals surface area contributed by atoms with Crippen molar-refractivity contribution in [1.29, 1.82) is 0 Å². The van der Waals surface area contributed by atoms with Gasteiger partial charge in [-0.25, -0.2) is 8.42 Å². The van der Waals surface area contributed by atoms with Crippen molar-refractivity contribution in [2.75, 3.05) is 23.7 Å². The molecule has 4 rings (SSSR count). The van der Waals surface area contributed by atoms with Crippen molar-refractivity contribution < 1.29 is 18.0 Å². The Labute approximate surface area is 282 Å². The molecule has 0 aliphatic heterocycles. The molecular weight excluding hydrogens is 638 g/mol. The van der Waals surface area contributed by atoms with Crippen LogP contribution in [0.2, 0.25) is 5.02 Å². The number of hydrogen-bond acceptors (Lipinski definition) is 5. The number of amides is 2. The number of carbonyl (C=O) groups excluding carboxylic acids is 2. The highest BCUT2D eigenvalue weighted by Crippen LogP contribution is 2.27. The molecule has 10 heteroatoms. The standard InChI is InChI=1S/C36H40ClN3O4S2/c1-26(2)23-38-36(42)34(22-28-8-6-5-7-9-28)39(24-29-12-14-30(37)15-13-29)35(41)25-40(31-16-10-27(3)11-17-31)46(43,44)33-20-18-32(45-4)19-21-33/h5-21,26,34H,22-25H2,1-4H3,(H,38,42). The first-order valence-electron chi connectivity index (χ1n) is 15.1. The Morgan fingerprint density at radius 3 is 2.07 bits per heavy atom. The van der Waals surface area contributed by atoms with Gasteiger partial charge in [0.25, 0.3) is 10.0 Å². The third-order valence-corrected chi connectivity index (χ3v) is 10.3. The van der Waals surface area contributed by atoms with E-state index in [1.165, 1.54) is 16.7 Å². The van der Waals surface area contributed by atoms with Crippen LogP contribution in [0.1, 0.15) is 30.5 Å². The molecule has 0 radical (unpaired) electrons. The summed E-state index contributed by atoms with van der Waals surface area (Å²) in [6.07, 6.45) is 2.16. The number of carbonyl (C=O) groups is 2. The minimum atomic E-state index is -4.17. The summed E-state index contributed by atoms with van der Waals surface area (Å²) in [5.41, 5.74) is 2.93. The van der Waals surface area contributed by atoms with E-state index >= 15 is 0 Å². The zero-order valence-electron chi connectivity index (χ0n) is 26.5. The van der Waals surface area contributed by atoms with Gasteiger partial charge in [0.2, 0.25) is 11.8 Å². The first-order valence-corrected chi connectivity index (χ1v) is 18.1. The zero-order valence-corrected chi connectivity index (χ0v) is 28.9. The van der Waals surface area contributed by atoms with Gasteiger partial charge in [0.15, 0.2) is 0 Å². The van der Waals surface area contributed by atoms with E-state index in [0.717, 1.165) is 25.9 Å². The van der Waals surface area contributed by atoms with Crippen LogP contribution in [0.5, 0.6) is 0 Å². The van der Waals surface area contributed by atoms with Gasteiger partial charge in [-0.1, -0.05) is 85.6 Å². The Morgan fingerprint density at radius 1 is 0.848 bits per heavy atom. The van der Waals surface area contributed by atoms with Crippen LogP contribution in [0.15, 0.2) is 113 Å². The molecule has 0 aromatic heterocycles. The molecule has 4 aromatic carbocycles. The second kappa shape index (κ2) is 16.2. The molecule has 4 aromatic rings. The van der Waals surface area contributed by atoms with Gasteiger partial charge < -0.3 is 10.2 Å². The minimum absolute atomic E-state index is 0.0680. The number of nitrogens with one attached hydrogen (secondary N) is 1. The Balaban J connectivity index is 1.79. The molecular formula is C36H40ClN3O4S2. The minimum Gasteiger partial charge on any atom is -0.354 e. The molecule has 1 N–H and O–H groups in total. The Hall–Kier alpha value is -3.79. The van der Waals surface area contributed by atoms with Crippen LogP contribution in [0.4, 0.5) is 5.69 Å². The van der Waals surface area contributed by atoms with E-state index in [9.17, 15) is 18.0 Å². The molecule has 46 heavy (non-hydrogen) atoms. The van der Waals surface area contributed by atoms with E-state index < -0.39 is 28.5 Å². The smallest absolute Gasteiger partial charge is 0.264 e. The van der Waals surface area contributed by atoms with Crippen molar-refractivity contribution in [3.05, 3.63) is 125 Å². The lowest BCUT2D eigenvalue weighted by atomic mass is 10.0. The van der Waals surface area contributed by atoms with Gasteiger partial charge >= 0.3 is 0 Å².